The summed E-state index contributed by atoms with van der Waals surface area (Å²) < 4.78 is 13.4. The van der Waals surface area contributed by atoms with Crippen LogP contribution < -0.4 is 14.8 Å². The van der Waals surface area contributed by atoms with Crippen molar-refractivity contribution >= 4 is 47.2 Å². The molecule has 5 atom stereocenters. The summed E-state index contributed by atoms with van der Waals surface area (Å²) in [6.45, 7) is 2.52. The van der Waals surface area contributed by atoms with Crippen molar-refractivity contribution in [3.05, 3.63) is 179 Å². The lowest BCUT2D eigenvalue weighted by Gasteiger charge is -2.38. The summed E-state index contributed by atoms with van der Waals surface area (Å²) in [7, 11) is -1.42. The lowest BCUT2D eigenvalue weighted by Crippen LogP contribution is -2.38. The summed E-state index contributed by atoms with van der Waals surface area (Å²) in [5.41, 5.74) is 11.3. The Hall–Kier alpha value is -5.32. The summed E-state index contributed by atoms with van der Waals surface area (Å²) in [5, 5.41) is 5.56. The van der Waals surface area contributed by atoms with E-state index in [1.807, 2.05) is 0 Å². The molecular weight excluding hydrogens is 639 g/mol. The van der Waals surface area contributed by atoms with Crippen LogP contribution >= 0.6 is 0 Å². The maximum atomic E-state index is 6.79. The Morgan fingerprint density at radius 3 is 2.75 bits per heavy atom. The standard InChI is InChI=1S/C47H39NO2Si/c1-51-43-26-25-38-36-17-5-7-22-42(36)50-47(38)45(43)39-24-23-32(28-44(39)51)48(40-20-10-19-37-35-16-4-6-21-41(35)49-46(37)40)31-14-8-13-30(27-31)34-18-9-12-29-11-2-3-15-33(29)34/h2,4-14,16-18,20-27,32-34,37,51H,3,15,19,28H2,1H3. The molecule has 2 aliphatic heterocycles. The van der Waals surface area contributed by atoms with Crippen LogP contribution in [-0.2, 0) is 0 Å². The molecule has 5 aromatic rings. The Kier molecular flexibility index (Phi) is 6.54. The molecule has 11 rings (SSSR count). The van der Waals surface area contributed by atoms with Crippen molar-refractivity contribution in [1.29, 1.82) is 0 Å². The summed E-state index contributed by atoms with van der Waals surface area (Å²) in [4.78, 5) is 2.61. The van der Waals surface area contributed by atoms with E-state index >= 15 is 0 Å². The first-order chi connectivity index (χ1) is 25.2. The van der Waals surface area contributed by atoms with E-state index in [0.29, 0.717) is 11.8 Å². The molecule has 0 fully saturated rings. The minimum Gasteiger partial charge on any atom is -0.459 e. The SMILES string of the molecule is C[SiH]1C2=C(C=CC(N(C3=C4Oc5ccccc5C4CC=C3)c3cccc(C4C=CC=C5C=CCCC54)c3)C2)c2c1ccc1c2oc2ccccc21. The number of rotatable bonds is 4. The van der Waals surface area contributed by atoms with Gasteiger partial charge in [-0.25, -0.2) is 0 Å². The highest BCUT2D eigenvalue weighted by Gasteiger charge is 2.40. The maximum absolute atomic E-state index is 6.79. The highest BCUT2D eigenvalue weighted by atomic mass is 28.3. The van der Waals surface area contributed by atoms with Gasteiger partial charge in [-0.05, 0) is 83.8 Å². The molecule has 3 heterocycles. The van der Waals surface area contributed by atoms with Crippen molar-refractivity contribution in [2.45, 2.75) is 50.1 Å². The fraction of sp³-hybridized carbons (Fsp3) is 0.191. The lowest BCUT2D eigenvalue weighted by molar-refractivity contribution is 0.415. The van der Waals surface area contributed by atoms with Gasteiger partial charge < -0.3 is 14.1 Å². The van der Waals surface area contributed by atoms with Gasteiger partial charge in [0, 0.05) is 33.5 Å². The van der Waals surface area contributed by atoms with Crippen LogP contribution in [0.4, 0.5) is 5.69 Å². The van der Waals surface area contributed by atoms with Crippen molar-refractivity contribution in [1.82, 2.24) is 0 Å². The molecule has 6 aliphatic rings. The molecule has 4 aliphatic carbocycles. The van der Waals surface area contributed by atoms with Gasteiger partial charge in [-0.15, -0.1) is 0 Å². The lowest BCUT2D eigenvalue weighted by atomic mass is 9.73. The smallest absolute Gasteiger partial charge is 0.143 e. The van der Waals surface area contributed by atoms with Crippen LogP contribution in [0.2, 0.25) is 6.55 Å². The second-order valence-corrected chi connectivity index (χ2v) is 17.8. The number of hydrogen-bond donors (Lipinski definition) is 0. The van der Waals surface area contributed by atoms with E-state index in [1.165, 1.54) is 61.6 Å². The van der Waals surface area contributed by atoms with Crippen molar-refractivity contribution in [2.24, 2.45) is 5.92 Å². The van der Waals surface area contributed by atoms with Crippen LogP contribution in [0.15, 0.2) is 166 Å². The van der Waals surface area contributed by atoms with Gasteiger partial charge in [-0.2, -0.15) is 0 Å². The number of furan rings is 1. The quantitative estimate of drug-likeness (QED) is 0.177. The predicted octanol–water partition coefficient (Wildman–Crippen LogP) is 10.7. The Morgan fingerprint density at radius 2 is 1.76 bits per heavy atom. The zero-order chi connectivity index (χ0) is 33.6. The highest BCUT2D eigenvalue weighted by molar-refractivity contribution is 6.83. The molecule has 4 aromatic carbocycles. The molecule has 0 saturated carbocycles. The third-order valence-electron chi connectivity index (χ3n) is 12.4. The molecule has 51 heavy (non-hydrogen) atoms. The topological polar surface area (TPSA) is 25.6 Å². The first kappa shape index (κ1) is 29.4. The van der Waals surface area contributed by atoms with Gasteiger partial charge in [0.15, 0.2) is 0 Å². The normalized spacial score (nSPS) is 25.4. The summed E-state index contributed by atoms with van der Waals surface area (Å²) in [6.07, 6.45) is 25.5. The van der Waals surface area contributed by atoms with Crippen molar-refractivity contribution in [3.63, 3.8) is 0 Å². The van der Waals surface area contributed by atoms with Gasteiger partial charge >= 0.3 is 0 Å². The van der Waals surface area contributed by atoms with Gasteiger partial charge in [0.1, 0.15) is 22.7 Å². The Labute approximate surface area is 300 Å². The monoisotopic (exact) mass is 677 g/mol. The van der Waals surface area contributed by atoms with Crippen molar-refractivity contribution in [2.75, 3.05) is 4.90 Å². The van der Waals surface area contributed by atoms with Crippen LogP contribution in [0, 0.1) is 5.92 Å². The first-order valence-corrected chi connectivity index (χ1v) is 21.0. The van der Waals surface area contributed by atoms with E-state index < -0.39 is 8.80 Å². The van der Waals surface area contributed by atoms with E-state index in [9.17, 15) is 0 Å². The second kappa shape index (κ2) is 11.3. The second-order valence-electron chi connectivity index (χ2n) is 15.0. The molecule has 0 bridgehead atoms. The minimum absolute atomic E-state index is 0.155. The van der Waals surface area contributed by atoms with Gasteiger partial charge in [0.2, 0.25) is 0 Å². The molecule has 0 amide bonds. The number of para-hydroxylation sites is 2. The highest BCUT2D eigenvalue weighted by Crippen LogP contribution is 2.49. The van der Waals surface area contributed by atoms with Crippen LogP contribution in [-0.4, -0.2) is 14.8 Å². The molecule has 5 unspecified atom stereocenters. The fourth-order valence-corrected chi connectivity index (χ4v) is 12.7. The number of anilines is 1. The van der Waals surface area contributed by atoms with Gasteiger partial charge in [0.05, 0.1) is 26.5 Å². The molecule has 248 valence electrons. The number of ether oxygens (including phenoxy) is 1. The first-order valence-electron chi connectivity index (χ1n) is 18.7. The number of allylic oxidation sites excluding steroid dienone is 11. The zero-order valence-electron chi connectivity index (χ0n) is 28.8. The molecule has 4 heteroatoms. The molecule has 1 aromatic heterocycles. The largest absolute Gasteiger partial charge is 0.459 e. The van der Waals surface area contributed by atoms with Crippen molar-refractivity contribution < 1.29 is 9.15 Å². The molecular formula is C47H39NO2Si. The Morgan fingerprint density at radius 1 is 0.843 bits per heavy atom. The molecule has 3 nitrogen and oxygen atoms in total. The summed E-state index contributed by atoms with van der Waals surface area (Å²) >= 11 is 0. The Bertz CT molecular complexity index is 2520. The van der Waals surface area contributed by atoms with Crippen molar-refractivity contribution in [3.8, 4) is 5.75 Å². The van der Waals surface area contributed by atoms with Crippen LogP contribution in [0.25, 0.3) is 27.5 Å². The van der Waals surface area contributed by atoms with E-state index in [2.05, 4.69) is 151 Å². The average Bonchev–Trinajstić information content (AvgIpc) is 3.85. The van der Waals surface area contributed by atoms with Crippen LogP contribution in [0.1, 0.15) is 54.2 Å². The Balaban J connectivity index is 1.03. The molecule has 0 N–H and O–H groups in total. The zero-order valence-corrected chi connectivity index (χ0v) is 29.9. The van der Waals surface area contributed by atoms with E-state index in [-0.39, 0.29) is 12.0 Å². The third kappa shape index (κ3) is 4.42. The van der Waals surface area contributed by atoms with Gasteiger partial charge in [-0.1, -0.05) is 121 Å². The predicted molar refractivity (Wildman–Crippen MR) is 212 cm³/mol. The van der Waals surface area contributed by atoms with E-state index in [1.54, 1.807) is 5.20 Å². The van der Waals surface area contributed by atoms with Crippen LogP contribution in [0.3, 0.4) is 0 Å². The third-order valence-corrected chi connectivity index (χ3v) is 15.4. The van der Waals surface area contributed by atoms with Crippen LogP contribution in [0.5, 0.6) is 5.75 Å². The van der Waals surface area contributed by atoms with E-state index in [0.717, 1.165) is 41.9 Å². The number of hydrogen-bond acceptors (Lipinski definition) is 3. The summed E-state index contributed by atoms with van der Waals surface area (Å²) in [5.74, 6) is 3.22. The average molecular weight is 678 g/mol. The number of benzene rings is 4. The number of nitrogens with zero attached hydrogens (tertiary/aromatic N) is 1. The fourth-order valence-electron chi connectivity index (χ4n) is 9.94. The maximum Gasteiger partial charge on any atom is 0.143 e. The van der Waals surface area contributed by atoms with E-state index in [4.69, 9.17) is 9.15 Å². The molecule has 0 saturated heterocycles. The minimum atomic E-state index is -1.42. The molecule has 0 spiro atoms. The van der Waals surface area contributed by atoms with Gasteiger partial charge in [0.25, 0.3) is 0 Å². The molecule has 0 radical (unpaired) electrons. The number of fused-ring (bicyclic) bond motifs is 10. The summed E-state index contributed by atoms with van der Waals surface area (Å²) in [6, 6.07) is 31.3. The van der Waals surface area contributed by atoms with Gasteiger partial charge in [-0.3, -0.25) is 0 Å².